The van der Waals surface area contributed by atoms with E-state index in [0.29, 0.717) is 83.6 Å². The first-order valence-corrected chi connectivity index (χ1v) is 48.7. The summed E-state index contributed by atoms with van der Waals surface area (Å²) in [6.45, 7) is 25.3. The number of aromatic hydroxyl groups is 6. The van der Waals surface area contributed by atoms with Crippen LogP contribution in [0.4, 0.5) is 10.7 Å². The highest BCUT2D eigenvalue weighted by Gasteiger charge is 2.33. The van der Waals surface area contributed by atoms with Crippen molar-refractivity contribution in [3.8, 4) is 46.6 Å². The number of Topliss-reactive ketones (excluding diaryl/α,β-unsaturated/α-hetero) is 2. The SMILES string of the molecule is CC(=O)NC1=C/C(=C\c2cc(Cl)c(O)c(Cl)c2)C(NC(C)=O)=CC1=O.CC(=O)NC1=NC(c2ccccc2)=N/C1=C\c1cc(Cl)c(O)c(Cl)c1.CC(C)(C)C(=O)/C(=C\c1cc(Cl)c(O)c(Cl)c1)C(=O)Nc1cc(Cl)ccc1Cl.CNC(=O)C1=C/C(=C\c2cc(Cl)c(O)c(Cl)c2)c2ccccc2C1=O.Cc1nc(/C(C#N)=C/c2cc(Cl)c(O)c(Cl)c2)sc1[N+](=O)[O-].[C-]#[N+]/C(C#N)=C(\C(=C/c1cc(Cl)c(O)c(Cl)c1)[N+]#[C-])c1ccccc1. The summed E-state index contributed by atoms with van der Waals surface area (Å²) in [4.78, 5) is 126. The Bertz CT molecular complexity index is 7820. The number of benzene rings is 10. The number of aromatic nitrogens is 1. The van der Waals surface area contributed by atoms with E-state index in [4.69, 9.17) is 176 Å². The quantitative estimate of drug-likeness (QED) is 0.00589. The molecule has 0 saturated heterocycles. The van der Waals surface area contributed by atoms with Crippen molar-refractivity contribution in [3.63, 3.8) is 0 Å². The molecule has 762 valence electrons. The number of nitriles is 2. The molecule has 150 heavy (non-hydrogen) atoms. The highest BCUT2D eigenvalue weighted by atomic mass is 35.5. The number of aliphatic imine (C=N–C) groups is 2. The average molecular weight is 2310 g/mol. The summed E-state index contributed by atoms with van der Waals surface area (Å²) in [5, 5.41) is 101. The molecule has 0 fully saturated rings. The number of likely N-dealkylation sites (N-methyl/N-ethyl adjacent to an activating group) is 1. The van der Waals surface area contributed by atoms with Crippen LogP contribution in [0.15, 0.2) is 249 Å². The van der Waals surface area contributed by atoms with E-state index in [-0.39, 0.29) is 184 Å². The number of halogens is 14. The predicted molar refractivity (Wildman–Crippen MR) is 593 cm³/mol. The van der Waals surface area contributed by atoms with Gasteiger partial charge in [-0.05, 0) is 208 Å². The van der Waals surface area contributed by atoms with Gasteiger partial charge in [0.15, 0.2) is 63.4 Å². The molecule has 0 spiro atoms. The molecule has 5 amide bonds. The average Bonchev–Trinajstić information content (AvgIpc) is 0.950. The number of carbonyl (C=O) groups is 8. The van der Waals surface area contributed by atoms with Crippen molar-refractivity contribution in [2.75, 3.05) is 12.4 Å². The first kappa shape index (κ1) is 119. The molecule has 3 aliphatic rings. The number of rotatable bonds is 17. The molecular formula is C106H73Cl14N13O16S. The van der Waals surface area contributed by atoms with Crippen LogP contribution >= 0.6 is 174 Å². The Morgan fingerprint density at radius 2 is 0.913 bits per heavy atom. The lowest BCUT2D eigenvalue weighted by molar-refractivity contribution is -0.380. The molecule has 29 nitrogen and oxygen atoms in total. The van der Waals surface area contributed by atoms with Crippen LogP contribution < -0.4 is 26.6 Å². The van der Waals surface area contributed by atoms with Crippen LogP contribution in [-0.4, -0.2) is 106 Å². The molecule has 2 heterocycles. The molecule has 11 aromatic rings. The summed E-state index contributed by atoms with van der Waals surface area (Å²) in [5.74, 6) is -3.85. The Morgan fingerprint density at radius 3 is 1.34 bits per heavy atom. The third-order valence-electron chi connectivity index (χ3n) is 19.9. The van der Waals surface area contributed by atoms with Crippen molar-refractivity contribution in [3.05, 3.63) is 409 Å². The molecule has 1 aliphatic heterocycles. The van der Waals surface area contributed by atoms with E-state index in [1.54, 1.807) is 118 Å². The van der Waals surface area contributed by atoms with Crippen LogP contribution in [0.3, 0.4) is 0 Å². The van der Waals surface area contributed by atoms with Crippen LogP contribution in [0.25, 0.3) is 62.9 Å². The largest absolute Gasteiger partial charge is 0.505 e. The molecule has 0 saturated carbocycles. The van der Waals surface area contributed by atoms with Crippen molar-refractivity contribution >= 4 is 296 Å². The topological polar surface area (TPSA) is 455 Å². The number of nitrogens with zero attached hydrogens (tertiary/aromatic N) is 8. The molecule has 14 rings (SSSR count). The number of amidine groups is 2. The molecule has 2 aliphatic carbocycles. The number of nitrogens with one attached hydrogen (secondary N) is 5. The van der Waals surface area contributed by atoms with Crippen LogP contribution in [0.1, 0.15) is 113 Å². The lowest BCUT2D eigenvalue weighted by atomic mass is 9.85. The lowest BCUT2D eigenvalue weighted by Gasteiger charge is -2.19. The van der Waals surface area contributed by atoms with Gasteiger partial charge in [-0.3, -0.25) is 48.5 Å². The second-order valence-corrected chi connectivity index (χ2v) is 38.7. The Kier molecular flexibility index (Phi) is 42.6. The Labute approximate surface area is 930 Å². The molecule has 44 heteroatoms. The fourth-order valence-electron chi connectivity index (χ4n) is 13.1. The molecule has 11 N–H and O–H groups in total. The van der Waals surface area contributed by atoms with Gasteiger partial charge >= 0.3 is 5.00 Å². The second-order valence-electron chi connectivity index (χ2n) is 32.0. The van der Waals surface area contributed by atoms with E-state index in [1.807, 2.05) is 48.5 Å². The van der Waals surface area contributed by atoms with E-state index in [2.05, 4.69) is 51.2 Å². The predicted octanol–water partition coefficient (Wildman–Crippen LogP) is 27.7. The van der Waals surface area contributed by atoms with Gasteiger partial charge in [-0.2, -0.15) is 5.26 Å². The Hall–Kier alpha value is -14.9. The second kappa shape index (κ2) is 53.9. The van der Waals surface area contributed by atoms with Crippen molar-refractivity contribution in [2.45, 2.75) is 48.5 Å². The van der Waals surface area contributed by atoms with Gasteiger partial charge in [0, 0.05) is 66.6 Å². The maximum absolute atomic E-state index is 12.9. The lowest BCUT2D eigenvalue weighted by Crippen LogP contribution is -2.29. The number of allylic oxidation sites excluding steroid dienone is 7. The normalized spacial score (nSPS) is 13.4. The van der Waals surface area contributed by atoms with Gasteiger partial charge in [0.05, 0.1) is 123 Å². The third-order valence-corrected chi connectivity index (χ3v) is 25.1. The molecule has 0 atom stereocenters. The van der Waals surface area contributed by atoms with Gasteiger partial charge < -0.3 is 57.2 Å². The molecular weight excluding hydrogens is 2240 g/mol. The molecule has 1 aromatic heterocycles. The molecule has 0 unspecified atom stereocenters. The van der Waals surface area contributed by atoms with Crippen LogP contribution in [0.2, 0.25) is 70.3 Å². The van der Waals surface area contributed by atoms with Gasteiger partial charge in [-0.1, -0.05) is 268 Å². The van der Waals surface area contributed by atoms with E-state index in [1.165, 1.54) is 132 Å². The zero-order valence-electron chi connectivity index (χ0n) is 78.5. The number of carbonyl (C=O) groups excluding carboxylic acids is 8. The number of ketones is 3. The maximum atomic E-state index is 12.9. The number of fused-ring (bicyclic) bond motifs is 1. The summed E-state index contributed by atoms with van der Waals surface area (Å²) >= 11 is 83.8. The fraction of sp³-hybridized carbons (Fsp3) is 0.0849. The summed E-state index contributed by atoms with van der Waals surface area (Å²) in [5.41, 5.74) is 7.51. The smallest absolute Gasteiger partial charge is 0.347 e. The number of aryl methyl sites for hydroxylation is 1. The van der Waals surface area contributed by atoms with Crippen molar-refractivity contribution < 1.29 is 73.9 Å². The molecule has 10 aromatic carbocycles. The summed E-state index contributed by atoms with van der Waals surface area (Å²) in [7, 11) is 1.47. The minimum atomic E-state index is -0.828. The number of phenolic OH excluding ortho intramolecular Hbond substituents is 6. The highest BCUT2D eigenvalue weighted by Crippen LogP contribution is 2.44. The van der Waals surface area contributed by atoms with E-state index in [9.17, 15) is 89.6 Å². The number of thiazole rings is 1. The minimum absolute atomic E-state index is 0.000369. The van der Waals surface area contributed by atoms with E-state index < -0.39 is 39.6 Å². The zero-order valence-corrected chi connectivity index (χ0v) is 89.9. The van der Waals surface area contributed by atoms with Crippen LogP contribution in [0.5, 0.6) is 34.5 Å². The third kappa shape index (κ3) is 32.1. The van der Waals surface area contributed by atoms with Crippen molar-refractivity contribution in [2.24, 2.45) is 15.4 Å². The van der Waals surface area contributed by atoms with Gasteiger partial charge in [-0.25, -0.2) is 29.9 Å². The number of amides is 5. The van der Waals surface area contributed by atoms with Crippen molar-refractivity contribution in [1.29, 1.82) is 10.5 Å². The van der Waals surface area contributed by atoms with E-state index >= 15 is 0 Å². The number of anilines is 1. The van der Waals surface area contributed by atoms with Gasteiger partial charge in [0.25, 0.3) is 17.5 Å². The molecule has 0 bridgehead atoms. The Balaban J connectivity index is 0.000000200. The number of hydrogen-bond donors (Lipinski definition) is 11. The summed E-state index contributed by atoms with van der Waals surface area (Å²) in [6.07, 6.45) is 13.5. The van der Waals surface area contributed by atoms with Gasteiger partial charge in [0.1, 0.15) is 22.5 Å². The fourth-order valence-corrected chi connectivity index (χ4v) is 17.3. The van der Waals surface area contributed by atoms with Crippen LogP contribution in [-0.2, 0) is 33.6 Å². The first-order chi connectivity index (χ1) is 70.8. The van der Waals surface area contributed by atoms with Gasteiger partial charge in [0.2, 0.25) is 23.5 Å². The number of hydrogen-bond acceptors (Lipinski definition) is 22. The Morgan fingerprint density at radius 1 is 0.487 bits per heavy atom. The standard InChI is InChI=1S/C20H17Cl4NO3.C19H9Cl2N3O.C19H13Cl2NO3.C18H13Cl2N3O2.C17H14Cl2N2O4.C13H7Cl2N3O3S/c1-20(2,3)18(27)12(6-10-7-14(23)17(26)15(24)8-10)19(28)25-16-9-11(21)4-5-13(16)22;1-23-16(10-12-8-14(20)19(25)15(21)9-12)18(17(11-22)24-2)13-6-4-3-5-7-13;1-22-19(25)14-9-11(12-4-2-3-5-13(12)17(14)23)6-10-7-15(20)18(24)16(21)8-10;1-10(24)21-18-15(9-11-7-13(19)16(25)14(20)8-11)22-17(23-18)12-5-3-2-4-6-12;1-8(22)20-14-7-16(24)15(21-9(2)23)6-11(14)3-10-4-12(18)17(25)13(19)5-10;1-6-13(18(20)21)22-12(17-6)8(5-16)2-7-3-9(14)11(19)10(15)4-7/h4-9,26H,1-3H3,(H,25,28);3-10,25H;2-9,24H,1H3,(H,22,25);2-9,25H,1H3,(H,21,22,23,24);3-7,25H,1-2H3,(H,20,22)(H,21,23);2-4,19H,1H3/b12-6+;16-10+,18-17-;11-6+;15-9-;11-3+;8-2+. The van der Waals surface area contributed by atoms with Crippen molar-refractivity contribution in [1.82, 2.24) is 26.3 Å². The van der Waals surface area contributed by atoms with E-state index in [0.717, 1.165) is 16.9 Å². The number of nitro groups is 1. The monoisotopic (exact) mass is 2310 g/mol. The summed E-state index contributed by atoms with van der Waals surface area (Å²) in [6, 6.07) is 51.3. The first-order valence-electron chi connectivity index (χ1n) is 42.6. The van der Waals surface area contributed by atoms with Gasteiger partial charge in [-0.15, -0.1) is 0 Å². The summed E-state index contributed by atoms with van der Waals surface area (Å²) < 4.78 is 0. The highest BCUT2D eigenvalue weighted by molar-refractivity contribution is 7.16. The minimum Gasteiger partial charge on any atom is -0.505 e. The zero-order chi connectivity index (χ0) is 111. The van der Waals surface area contributed by atoms with Crippen LogP contribution in [0, 0.1) is 58.3 Å². The molecule has 0 radical (unpaired) electrons. The maximum Gasteiger partial charge on any atom is 0.347 e. The number of phenols is 6.